The number of likely N-dealkylation sites (N-methyl/N-ethyl adjacent to an activating group) is 2. The van der Waals surface area contributed by atoms with Crippen molar-refractivity contribution in [3.05, 3.63) is 71.2 Å². The van der Waals surface area contributed by atoms with E-state index < -0.39 is 12.1 Å². The number of amides is 2. The molecule has 2 aromatic carbocycles. The van der Waals surface area contributed by atoms with Gasteiger partial charge >= 0.3 is 0 Å². The Balaban J connectivity index is 1.60. The predicted molar refractivity (Wildman–Crippen MR) is 110 cm³/mol. The van der Waals surface area contributed by atoms with E-state index in [1.807, 2.05) is 31.3 Å². The Bertz CT molecular complexity index is 1090. The summed E-state index contributed by atoms with van der Waals surface area (Å²) in [6.07, 6.45) is 2.51. The van der Waals surface area contributed by atoms with E-state index in [1.165, 1.54) is 15.9 Å². The summed E-state index contributed by atoms with van der Waals surface area (Å²) in [5.74, 6) is -0.659. The van der Waals surface area contributed by atoms with Crippen molar-refractivity contribution in [2.45, 2.75) is 31.8 Å². The van der Waals surface area contributed by atoms with Gasteiger partial charge in [0, 0.05) is 44.0 Å². The van der Waals surface area contributed by atoms with Gasteiger partial charge < -0.3 is 14.8 Å². The lowest BCUT2D eigenvalue weighted by Crippen LogP contribution is -2.63. The lowest BCUT2D eigenvalue weighted by Gasteiger charge is -2.42. The number of hydrogen-bond acceptors (Lipinski definition) is 2. The molecule has 3 aromatic rings. The molecule has 1 aliphatic heterocycles. The van der Waals surface area contributed by atoms with Crippen LogP contribution in [0.2, 0.25) is 0 Å². The number of nitrogens with one attached hydrogen (secondary N) is 1. The van der Waals surface area contributed by atoms with Gasteiger partial charge in [-0.25, -0.2) is 4.39 Å². The van der Waals surface area contributed by atoms with Crippen LogP contribution in [0.25, 0.3) is 10.9 Å². The van der Waals surface area contributed by atoms with E-state index in [4.69, 9.17) is 0 Å². The molecule has 1 saturated heterocycles. The monoisotopic (exact) mass is 393 g/mol. The van der Waals surface area contributed by atoms with Crippen LogP contribution in [-0.4, -0.2) is 52.8 Å². The largest absolute Gasteiger partial charge is 0.361 e. The molecular weight excluding hydrogens is 369 g/mol. The van der Waals surface area contributed by atoms with E-state index in [2.05, 4.69) is 4.98 Å². The van der Waals surface area contributed by atoms with Crippen LogP contribution in [0, 0.1) is 12.7 Å². The summed E-state index contributed by atoms with van der Waals surface area (Å²) in [5.41, 5.74) is 3.59. The van der Waals surface area contributed by atoms with Crippen molar-refractivity contribution in [3.8, 4) is 0 Å². The Morgan fingerprint density at radius 1 is 0.897 bits per heavy atom. The highest BCUT2D eigenvalue weighted by molar-refractivity contribution is 5.97. The molecule has 150 valence electrons. The van der Waals surface area contributed by atoms with Gasteiger partial charge in [0.15, 0.2) is 0 Å². The number of carbonyl (C=O) groups excluding carboxylic acids is 2. The number of aromatic nitrogens is 1. The fourth-order valence-electron chi connectivity index (χ4n) is 4.25. The minimum atomic E-state index is -0.703. The number of fused-ring (bicyclic) bond motifs is 1. The fourth-order valence-corrected chi connectivity index (χ4v) is 4.25. The molecule has 0 saturated carbocycles. The van der Waals surface area contributed by atoms with E-state index in [0.717, 1.165) is 22.0 Å². The van der Waals surface area contributed by atoms with E-state index in [9.17, 15) is 14.0 Å². The summed E-state index contributed by atoms with van der Waals surface area (Å²) in [7, 11) is 3.29. The van der Waals surface area contributed by atoms with E-state index in [1.54, 1.807) is 32.3 Å². The predicted octanol–water partition coefficient (Wildman–Crippen LogP) is 3.07. The third-order valence-electron chi connectivity index (χ3n) is 5.98. The summed E-state index contributed by atoms with van der Waals surface area (Å²) in [4.78, 5) is 32.5. The van der Waals surface area contributed by atoms with Gasteiger partial charge in [0.05, 0.1) is 0 Å². The maximum absolute atomic E-state index is 14.1. The van der Waals surface area contributed by atoms with Crippen LogP contribution in [0.1, 0.15) is 16.7 Å². The molecule has 5 nitrogen and oxygen atoms in total. The molecule has 0 aliphatic carbocycles. The first-order valence-corrected chi connectivity index (χ1v) is 9.70. The second-order valence-electron chi connectivity index (χ2n) is 7.74. The highest BCUT2D eigenvalue weighted by Gasteiger charge is 2.42. The molecule has 0 radical (unpaired) electrons. The summed E-state index contributed by atoms with van der Waals surface area (Å²) in [6.45, 7) is 2.04. The van der Waals surface area contributed by atoms with Gasteiger partial charge in [-0.2, -0.15) is 0 Å². The molecule has 2 atom stereocenters. The smallest absolute Gasteiger partial charge is 0.246 e. The zero-order chi connectivity index (χ0) is 20.7. The molecule has 4 rings (SSSR count). The van der Waals surface area contributed by atoms with E-state index in [0.29, 0.717) is 12.0 Å². The second kappa shape index (κ2) is 7.35. The van der Waals surface area contributed by atoms with Gasteiger partial charge in [0.2, 0.25) is 11.8 Å². The molecule has 0 bridgehead atoms. The second-order valence-corrected chi connectivity index (χ2v) is 7.74. The fraction of sp³-hybridized carbons (Fsp3) is 0.304. The average Bonchev–Trinajstić information content (AvgIpc) is 3.12. The minimum Gasteiger partial charge on any atom is -0.361 e. The number of carbonyl (C=O) groups is 2. The zero-order valence-electron chi connectivity index (χ0n) is 16.8. The summed E-state index contributed by atoms with van der Waals surface area (Å²) >= 11 is 0. The zero-order valence-corrected chi connectivity index (χ0v) is 16.8. The molecule has 1 fully saturated rings. The van der Waals surface area contributed by atoms with Crippen molar-refractivity contribution in [2.24, 2.45) is 0 Å². The molecule has 6 heteroatoms. The van der Waals surface area contributed by atoms with Crippen LogP contribution < -0.4 is 0 Å². The number of nitrogens with zero attached hydrogens (tertiary/aromatic N) is 2. The van der Waals surface area contributed by atoms with E-state index in [-0.39, 0.29) is 24.1 Å². The number of rotatable bonds is 4. The van der Waals surface area contributed by atoms with Crippen LogP contribution in [-0.2, 0) is 22.4 Å². The Labute approximate surface area is 169 Å². The van der Waals surface area contributed by atoms with Gasteiger partial charge in [-0.05, 0) is 35.7 Å². The lowest BCUT2D eigenvalue weighted by molar-refractivity contribution is -0.158. The van der Waals surface area contributed by atoms with Crippen molar-refractivity contribution in [3.63, 3.8) is 0 Å². The minimum absolute atomic E-state index is 0.128. The number of hydrogen-bond donors (Lipinski definition) is 1. The van der Waals surface area contributed by atoms with Crippen molar-refractivity contribution < 1.29 is 14.0 Å². The highest BCUT2D eigenvalue weighted by atomic mass is 19.1. The molecule has 1 aromatic heterocycles. The number of aryl methyl sites for hydroxylation is 1. The van der Waals surface area contributed by atoms with Gasteiger partial charge in [-0.15, -0.1) is 0 Å². The van der Waals surface area contributed by atoms with Crippen LogP contribution in [0.5, 0.6) is 0 Å². The summed E-state index contributed by atoms with van der Waals surface area (Å²) in [5, 5.41) is 1.09. The third kappa shape index (κ3) is 3.28. The van der Waals surface area contributed by atoms with Crippen LogP contribution >= 0.6 is 0 Å². The number of H-pyrrole nitrogens is 1. The Morgan fingerprint density at radius 2 is 1.52 bits per heavy atom. The van der Waals surface area contributed by atoms with Crippen LogP contribution in [0.15, 0.2) is 48.7 Å². The molecular formula is C23H24FN3O2. The molecule has 1 N–H and O–H groups in total. The number of piperazine rings is 1. The number of aromatic amines is 1. The highest BCUT2D eigenvalue weighted by Crippen LogP contribution is 2.27. The van der Waals surface area contributed by atoms with Crippen molar-refractivity contribution >= 4 is 22.7 Å². The normalized spacial score (nSPS) is 20.0. The SMILES string of the molecule is Cc1cccc2[nH]cc(C[C@H]3C(=O)N(C)[C@@H](Cc4ccccc4F)C(=O)N3C)c12. The Kier molecular flexibility index (Phi) is 4.86. The van der Waals surface area contributed by atoms with E-state index >= 15 is 0 Å². The summed E-state index contributed by atoms with van der Waals surface area (Å²) < 4.78 is 14.1. The maximum Gasteiger partial charge on any atom is 0.246 e. The Morgan fingerprint density at radius 3 is 2.17 bits per heavy atom. The molecule has 2 heterocycles. The first-order chi connectivity index (χ1) is 13.9. The van der Waals surface area contributed by atoms with Crippen molar-refractivity contribution in [1.82, 2.24) is 14.8 Å². The van der Waals surface area contributed by atoms with Gasteiger partial charge in [0.25, 0.3) is 0 Å². The topological polar surface area (TPSA) is 56.4 Å². The van der Waals surface area contributed by atoms with Gasteiger partial charge in [-0.3, -0.25) is 9.59 Å². The third-order valence-corrected chi connectivity index (χ3v) is 5.98. The van der Waals surface area contributed by atoms with Crippen LogP contribution in [0.3, 0.4) is 0 Å². The molecule has 0 unspecified atom stereocenters. The maximum atomic E-state index is 14.1. The van der Waals surface area contributed by atoms with Crippen molar-refractivity contribution in [2.75, 3.05) is 14.1 Å². The van der Waals surface area contributed by atoms with Gasteiger partial charge in [-0.1, -0.05) is 30.3 Å². The first kappa shape index (κ1) is 19.2. The average molecular weight is 393 g/mol. The molecule has 29 heavy (non-hydrogen) atoms. The van der Waals surface area contributed by atoms with Crippen LogP contribution in [0.4, 0.5) is 4.39 Å². The molecule has 0 spiro atoms. The molecule has 2 amide bonds. The van der Waals surface area contributed by atoms with Crippen molar-refractivity contribution in [1.29, 1.82) is 0 Å². The number of halogens is 1. The van der Waals surface area contributed by atoms with Gasteiger partial charge in [0.1, 0.15) is 17.9 Å². The molecule has 1 aliphatic rings. The lowest BCUT2D eigenvalue weighted by atomic mass is 9.94. The number of benzene rings is 2. The summed E-state index contributed by atoms with van der Waals surface area (Å²) in [6, 6.07) is 11.1. The first-order valence-electron chi connectivity index (χ1n) is 9.70. The quantitative estimate of drug-likeness (QED) is 0.741. The standard InChI is InChI=1S/C23H24FN3O2/c1-14-7-6-10-18-21(14)16(13-25-18)12-20-23(29)26(2)19(22(28)27(20)3)11-15-8-4-5-9-17(15)24/h4-10,13,19-20,25H,11-12H2,1-3H3/t19-,20-/m0/s1. The Hall–Kier alpha value is -3.15.